The summed E-state index contributed by atoms with van der Waals surface area (Å²) in [6.07, 6.45) is 7.93. The topological polar surface area (TPSA) is 64.7 Å². The first kappa shape index (κ1) is 12.7. The number of rotatable bonds is 1. The van der Waals surface area contributed by atoms with Gasteiger partial charge in [0.1, 0.15) is 5.69 Å². The number of hydrogen-bond donors (Lipinski definition) is 1. The SMILES string of the molecule is NC1CCCCc2nc(-c3ccc(Br)cn3)ncc21. The lowest BCUT2D eigenvalue weighted by molar-refractivity contribution is 0.614. The van der Waals surface area contributed by atoms with E-state index in [1.165, 1.54) is 0 Å². The smallest absolute Gasteiger partial charge is 0.178 e. The van der Waals surface area contributed by atoms with Gasteiger partial charge in [0.05, 0.1) is 0 Å². The van der Waals surface area contributed by atoms with Gasteiger partial charge in [0.15, 0.2) is 5.82 Å². The molecule has 0 saturated carbocycles. The molecule has 4 nitrogen and oxygen atoms in total. The summed E-state index contributed by atoms with van der Waals surface area (Å²) in [6.45, 7) is 0. The maximum Gasteiger partial charge on any atom is 0.178 e. The molecule has 98 valence electrons. The lowest BCUT2D eigenvalue weighted by Gasteiger charge is -2.11. The fourth-order valence-corrected chi connectivity index (χ4v) is 2.61. The van der Waals surface area contributed by atoms with Crippen LogP contribution in [0, 0.1) is 0 Å². The average Bonchev–Trinajstić information content (AvgIpc) is 2.61. The van der Waals surface area contributed by atoms with Crippen molar-refractivity contribution in [3.8, 4) is 11.5 Å². The molecule has 1 aliphatic rings. The van der Waals surface area contributed by atoms with Crippen LogP contribution in [0.1, 0.15) is 36.6 Å². The van der Waals surface area contributed by atoms with Crippen LogP contribution < -0.4 is 5.73 Å². The minimum atomic E-state index is 0.0735. The third-order valence-corrected chi connectivity index (χ3v) is 3.90. The number of pyridine rings is 1. The summed E-state index contributed by atoms with van der Waals surface area (Å²) in [5.41, 5.74) is 9.13. The number of fused-ring (bicyclic) bond motifs is 1. The Morgan fingerprint density at radius 1 is 1.16 bits per heavy atom. The molecule has 0 radical (unpaired) electrons. The van der Waals surface area contributed by atoms with Crippen molar-refractivity contribution in [3.05, 3.63) is 40.3 Å². The second-order valence-corrected chi connectivity index (χ2v) is 5.73. The molecule has 0 aliphatic heterocycles. The number of aromatic nitrogens is 3. The number of nitrogens with two attached hydrogens (primary N) is 1. The predicted molar refractivity (Wildman–Crippen MR) is 77.4 cm³/mol. The predicted octanol–water partition coefficient (Wildman–Crippen LogP) is 3.03. The van der Waals surface area contributed by atoms with Gasteiger partial charge in [-0.25, -0.2) is 9.97 Å². The first-order chi connectivity index (χ1) is 9.24. The van der Waals surface area contributed by atoms with Crippen LogP contribution in [0.5, 0.6) is 0 Å². The molecule has 1 aliphatic carbocycles. The average molecular weight is 319 g/mol. The summed E-state index contributed by atoms with van der Waals surface area (Å²) in [5.74, 6) is 0.681. The van der Waals surface area contributed by atoms with E-state index in [0.29, 0.717) is 5.82 Å². The van der Waals surface area contributed by atoms with Gasteiger partial charge < -0.3 is 5.73 Å². The van der Waals surface area contributed by atoms with Crippen LogP contribution >= 0.6 is 15.9 Å². The quantitative estimate of drug-likeness (QED) is 0.821. The Hall–Kier alpha value is -1.33. The number of aryl methyl sites for hydroxylation is 1. The van der Waals surface area contributed by atoms with Crippen LogP contribution in [0.15, 0.2) is 29.0 Å². The van der Waals surface area contributed by atoms with E-state index in [4.69, 9.17) is 5.73 Å². The van der Waals surface area contributed by atoms with Gasteiger partial charge in [-0.1, -0.05) is 6.42 Å². The van der Waals surface area contributed by atoms with Crippen molar-refractivity contribution in [2.75, 3.05) is 0 Å². The van der Waals surface area contributed by atoms with Gasteiger partial charge in [0.2, 0.25) is 0 Å². The van der Waals surface area contributed by atoms with Crippen LogP contribution in [-0.4, -0.2) is 15.0 Å². The van der Waals surface area contributed by atoms with Crippen LogP contribution in [0.2, 0.25) is 0 Å². The molecule has 2 aromatic heterocycles. The monoisotopic (exact) mass is 318 g/mol. The normalized spacial score (nSPS) is 18.7. The molecule has 3 rings (SSSR count). The molecule has 19 heavy (non-hydrogen) atoms. The molecule has 0 saturated heterocycles. The van der Waals surface area contributed by atoms with Crippen molar-refractivity contribution < 1.29 is 0 Å². The molecule has 2 heterocycles. The summed E-state index contributed by atoms with van der Waals surface area (Å²) in [5, 5.41) is 0. The fourth-order valence-electron chi connectivity index (χ4n) is 2.38. The van der Waals surface area contributed by atoms with E-state index >= 15 is 0 Å². The number of hydrogen-bond acceptors (Lipinski definition) is 4. The van der Waals surface area contributed by atoms with Gasteiger partial charge in [0, 0.05) is 34.2 Å². The first-order valence-corrected chi connectivity index (χ1v) is 7.26. The molecule has 1 atom stereocenters. The summed E-state index contributed by atoms with van der Waals surface area (Å²) < 4.78 is 0.952. The third-order valence-electron chi connectivity index (χ3n) is 3.43. The van der Waals surface area contributed by atoms with Gasteiger partial charge in [-0.2, -0.15) is 0 Å². The number of halogens is 1. The van der Waals surface area contributed by atoms with Crippen LogP contribution in [0.3, 0.4) is 0 Å². The van der Waals surface area contributed by atoms with Crippen molar-refractivity contribution >= 4 is 15.9 Å². The van der Waals surface area contributed by atoms with E-state index in [0.717, 1.165) is 47.1 Å². The Labute approximate surface area is 120 Å². The highest BCUT2D eigenvalue weighted by atomic mass is 79.9. The molecule has 0 aromatic carbocycles. The molecule has 5 heteroatoms. The van der Waals surface area contributed by atoms with Gasteiger partial charge in [-0.15, -0.1) is 0 Å². The van der Waals surface area contributed by atoms with Crippen molar-refractivity contribution in [1.29, 1.82) is 0 Å². The Morgan fingerprint density at radius 2 is 2.05 bits per heavy atom. The van der Waals surface area contributed by atoms with Gasteiger partial charge in [-0.05, 0) is 47.3 Å². The number of nitrogens with zero attached hydrogens (tertiary/aromatic N) is 3. The molecular formula is C14H15BrN4. The van der Waals surface area contributed by atoms with E-state index in [9.17, 15) is 0 Å². The Bertz CT molecular complexity index is 582. The highest BCUT2D eigenvalue weighted by molar-refractivity contribution is 9.10. The molecule has 2 N–H and O–H groups in total. The van der Waals surface area contributed by atoms with Crippen LogP contribution in [-0.2, 0) is 6.42 Å². The summed E-state index contributed by atoms with van der Waals surface area (Å²) in [4.78, 5) is 13.4. The Morgan fingerprint density at radius 3 is 2.84 bits per heavy atom. The Kier molecular flexibility index (Phi) is 3.57. The minimum Gasteiger partial charge on any atom is -0.324 e. The molecule has 0 fully saturated rings. The molecule has 0 spiro atoms. The minimum absolute atomic E-state index is 0.0735. The first-order valence-electron chi connectivity index (χ1n) is 6.47. The maximum absolute atomic E-state index is 6.15. The fraction of sp³-hybridized carbons (Fsp3) is 0.357. The zero-order valence-corrected chi connectivity index (χ0v) is 12.1. The highest BCUT2D eigenvalue weighted by Crippen LogP contribution is 2.26. The van der Waals surface area contributed by atoms with Crippen molar-refractivity contribution in [3.63, 3.8) is 0 Å². The zero-order valence-electron chi connectivity index (χ0n) is 10.5. The molecular weight excluding hydrogens is 304 g/mol. The summed E-state index contributed by atoms with van der Waals surface area (Å²) in [7, 11) is 0. The molecule has 1 unspecified atom stereocenters. The van der Waals surface area contributed by atoms with Crippen molar-refractivity contribution in [2.24, 2.45) is 5.73 Å². The van der Waals surface area contributed by atoms with Crippen LogP contribution in [0.25, 0.3) is 11.5 Å². The maximum atomic E-state index is 6.15. The van der Waals surface area contributed by atoms with Gasteiger partial charge >= 0.3 is 0 Å². The molecule has 0 bridgehead atoms. The second-order valence-electron chi connectivity index (χ2n) is 4.81. The Balaban J connectivity index is 2.01. The molecule has 0 amide bonds. The van der Waals surface area contributed by atoms with Gasteiger partial charge in [-0.3, -0.25) is 4.98 Å². The standard InChI is InChI=1S/C14H15BrN4/c15-9-5-6-13(17-7-9)14-18-8-10-11(16)3-1-2-4-12(10)19-14/h5-8,11H,1-4,16H2. The van der Waals surface area contributed by atoms with E-state index in [1.807, 2.05) is 18.3 Å². The zero-order chi connectivity index (χ0) is 13.2. The summed E-state index contributed by atoms with van der Waals surface area (Å²) >= 11 is 3.38. The molecule has 2 aromatic rings. The largest absolute Gasteiger partial charge is 0.324 e. The van der Waals surface area contributed by atoms with Crippen LogP contribution in [0.4, 0.5) is 0 Å². The summed E-state index contributed by atoms with van der Waals surface area (Å²) in [6, 6.07) is 3.94. The lowest BCUT2D eigenvalue weighted by Crippen LogP contribution is -2.12. The highest BCUT2D eigenvalue weighted by Gasteiger charge is 2.18. The second kappa shape index (κ2) is 5.35. The van der Waals surface area contributed by atoms with E-state index in [1.54, 1.807) is 6.20 Å². The van der Waals surface area contributed by atoms with Gasteiger partial charge in [0.25, 0.3) is 0 Å². The van der Waals surface area contributed by atoms with E-state index in [-0.39, 0.29) is 6.04 Å². The lowest BCUT2D eigenvalue weighted by atomic mass is 10.1. The van der Waals surface area contributed by atoms with Crippen molar-refractivity contribution in [2.45, 2.75) is 31.7 Å². The van der Waals surface area contributed by atoms with E-state index in [2.05, 4.69) is 30.9 Å². The van der Waals surface area contributed by atoms with Crippen molar-refractivity contribution in [1.82, 2.24) is 15.0 Å². The van der Waals surface area contributed by atoms with E-state index < -0.39 is 0 Å². The third kappa shape index (κ3) is 2.67.